The molecule has 1 N–H and O–H groups in total. The molecule has 0 aliphatic heterocycles. The Kier molecular flexibility index (Phi) is 10.7. The predicted octanol–water partition coefficient (Wildman–Crippen LogP) is 7.17. The second-order valence-corrected chi connectivity index (χ2v) is 9.01. The van der Waals surface area contributed by atoms with Crippen LogP contribution in [0, 0.1) is 5.82 Å². The van der Waals surface area contributed by atoms with E-state index in [2.05, 4.69) is 28.2 Å². The molecule has 194 valence electrons. The molecule has 8 heteroatoms. The number of halogens is 2. The third kappa shape index (κ3) is 8.46. The molecule has 0 aromatic heterocycles. The van der Waals surface area contributed by atoms with Crippen LogP contribution >= 0.6 is 15.9 Å². The predicted molar refractivity (Wildman–Crippen MR) is 145 cm³/mol. The lowest BCUT2D eigenvalue weighted by Gasteiger charge is -2.14. The number of anilines is 1. The summed E-state index contributed by atoms with van der Waals surface area (Å²) in [5.41, 5.74) is 2.10. The van der Waals surface area contributed by atoms with Crippen molar-refractivity contribution in [2.45, 2.75) is 32.8 Å². The van der Waals surface area contributed by atoms with Gasteiger partial charge in [-0.1, -0.05) is 38.0 Å². The quantitative estimate of drug-likeness (QED) is 0.142. The fraction of sp³-hybridized carbons (Fsp3) is 0.241. The number of methoxy groups -OCH3 is 1. The maximum Gasteiger partial charge on any atom is 0.338 e. The van der Waals surface area contributed by atoms with E-state index in [1.54, 1.807) is 60.7 Å². The lowest BCUT2D eigenvalue weighted by atomic mass is 10.1. The highest BCUT2D eigenvalue weighted by atomic mass is 79.9. The number of nitrogens with one attached hydrogen (secondary N) is 1. The molecule has 3 aromatic rings. The van der Waals surface area contributed by atoms with Crippen LogP contribution < -0.4 is 14.8 Å². The fourth-order valence-corrected chi connectivity index (χ4v) is 3.96. The molecule has 0 unspecified atom stereocenters. The van der Waals surface area contributed by atoms with E-state index in [0.29, 0.717) is 45.0 Å². The summed E-state index contributed by atoms with van der Waals surface area (Å²) in [6, 6.07) is 16.4. The van der Waals surface area contributed by atoms with E-state index in [1.807, 2.05) is 0 Å². The van der Waals surface area contributed by atoms with E-state index >= 15 is 0 Å². The van der Waals surface area contributed by atoms with Crippen molar-refractivity contribution in [2.75, 3.05) is 19.0 Å². The molecule has 0 bridgehead atoms. The standard InChI is InChI=1S/C29H29BrFNO5/c1-3-4-7-16-36-29(34)21-11-13-23(14-12-21)32-27(33)15-10-20-17-24(30)28(26(18-20)35-2)37-19-22-8-5-6-9-25(22)31/h5-6,8-15,17-18H,3-4,7,16,19H2,1-2H3,(H,32,33)/b15-10+. The Morgan fingerprint density at radius 3 is 2.51 bits per heavy atom. The van der Waals surface area contributed by atoms with Gasteiger partial charge in [0.2, 0.25) is 5.91 Å². The van der Waals surface area contributed by atoms with Crippen LogP contribution in [0.3, 0.4) is 0 Å². The summed E-state index contributed by atoms with van der Waals surface area (Å²) in [5, 5.41) is 2.76. The summed E-state index contributed by atoms with van der Waals surface area (Å²) in [5.74, 6) is -0.209. The minimum Gasteiger partial charge on any atom is -0.493 e. The maximum atomic E-state index is 13.9. The number of unbranched alkanes of at least 4 members (excludes halogenated alkanes) is 2. The molecule has 3 rings (SSSR count). The average molecular weight is 570 g/mol. The van der Waals surface area contributed by atoms with Crippen molar-refractivity contribution in [3.8, 4) is 11.5 Å². The first kappa shape index (κ1) is 27.9. The van der Waals surface area contributed by atoms with E-state index < -0.39 is 0 Å². The second-order valence-electron chi connectivity index (χ2n) is 8.16. The van der Waals surface area contributed by atoms with Gasteiger partial charge in [-0.2, -0.15) is 0 Å². The van der Waals surface area contributed by atoms with Gasteiger partial charge in [0, 0.05) is 17.3 Å². The lowest BCUT2D eigenvalue weighted by molar-refractivity contribution is -0.111. The fourth-order valence-electron chi connectivity index (χ4n) is 3.39. The normalized spacial score (nSPS) is 10.8. The lowest BCUT2D eigenvalue weighted by Crippen LogP contribution is -2.09. The topological polar surface area (TPSA) is 73.9 Å². The smallest absolute Gasteiger partial charge is 0.338 e. The first-order valence-corrected chi connectivity index (χ1v) is 12.7. The highest BCUT2D eigenvalue weighted by Gasteiger charge is 2.13. The maximum absolute atomic E-state index is 13.9. The number of rotatable bonds is 12. The molecular formula is C29H29BrFNO5. The van der Waals surface area contributed by atoms with E-state index in [4.69, 9.17) is 14.2 Å². The molecule has 3 aromatic carbocycles. The number of ether oxygens (including phenoxy) is 3. The van der Waals surface area contributed by atoms with Crippen LogP contribution in [0.1, 0.15) is 47.7 Å². The Labute approximate surface area is 224 Å². The van der Waals surface area contributed by atoms with Crippen molar-refractivity contribution >= 4 is 39.6 Å². The minimum absolute atomic E-state index is 0.0363. The average Bonchev–Trinajstić information content (AvgIpc) is 2.90. The van der Waals surface area contributed by atoms with Gasteiger partial charge >= 0.3 is 5.97 Å². The number of carbonyl (C=O) groups is 2. The van der Waals surface area contributed by atoms with Gasteiger partial charge in [-0.25, -0.2) is 9.18 Å². The second kappa shape index (κ2) is 14.2. The van der Waals surface area contributed by atoms with Gasteiger partial charge < -0.3 is 19.5 Å². The van der Waals surface area contributed by atoms with Gasteiger partial charge in [-0.05, 0) is 76.5 Å². The van der Waals surface area contributed by atoms with Gasteiger partial charge in [0.25, 0.3) is 0 Å². The number of esters is 1. The summed E-state index contributed by atoms with van der Waals surface area (Å²) in [7, 11) is 1.50. The largest absolute Gasteiger partial charge is 0.493 e. The van der Waals surface area contributed by atoms with Crippen LogP contribution in [0.2, 0.25) is 0 Å². The molecule has 6 nitrogen and oxygen atoms in total. The molecular weight excluding hydrogens is 541 g/mol. The molecule has 0 saturated heterocycles. The zero-order valence-corrected chi connectivity index (χ0v) is 22.3. The van der Waals surface area contributed by atoms with Crippen LogP contribution in [0.4, 0.5) is 10.1 Å². The Morgan fingerprint density at radius 2 is 1.81 bits per heavy atom. The van der Waals surface area contributed by atoms with E-state index in [-0.39, 0.29) is 24.3 Å². The van der Waals surface area contributed by atoms with Crippen LogP contribution in [-0.2, 0) is 16.1 Å². The van der Waals surface area contributed by atoms with Crippen molar-refractivity contribution in [3.05, 3.63) is 93.7 Å². The number of benzene rings is 3. The number of carbonyl (C=O) groups excluding carboxylic acids is 2. The molecule has 0 aliphatic rings. The number of hydrogen-bond acceptors (Lipinski definition) is 5. The third-order valence-corrected chi connectivity index (χ3v) is 5.97. The van der Waals surface area contributed by atoms with Gasteiger partial charge in [0.1, 0.15) is 12.4 Å². The zero-order valence-electron chi connectivity index (χ0n) is 20.8. The number of hydrogen-bond donors (Lipinski definition) is 1. The summed E-state index contributed by atoms with van der Waals surface area (Å²) in [4.78, 5) is 24.5. The van der Waals surface area contributed by atoms with Crippen LogP contribution in [0.15, 0.2) is 71.2 Å². The van der Waals surface area contributed by atoms with E-state index in [1.165, 1.54) is 19.3 Å². The molecule has 0 aliphatic carbocycles. The van der Waals surface area contributed by atoms with Crippen molar-refractivity contribution in [1.29, 1.82) is 0 Å². The SMILES string of the molecule is CCCCCOC(=O)c1ccc(NC(=O)/C=C/c2cc(Br)c(OCc3ccccc3F)c(OC)c2)cc1. The summed E-state index contributed by atoms with van der Waals surface area (Å²) in [6.07, 6.45) is 5.93. The van der Waals surface area contributed by atoms with Crippen molar-refractivity contribution in [2.24, 2.45) is 0 Å². The number of amides is 1. The first-order chi connectivity index (χ1) is 17.9. The van der Waals surface area contributed by atoms with Gasteiger partial charge in [0.05, 0.1) is 23.8 Å². The van der Waals surface area contributed by atoms with Crippen LogP contribution in [0.25, 0.3) is 6.08 Å². The van der Waals surface area contributed by atoms with Gasteiger partial charge in [0.15, 0.2) is 11.5 Å². The Morgan fingerprint density at radius 1 is 1.05 bits per heavy atom. The van der Waals surface area contributed by atoms with Gasteiger partial charge in [-0.15, -0.1) is 0 Å². The van der Waals surface area contributed by atoms with Crippen LogP contribution in [-0.4, -0.2) is 25.6 Å². The monoisotopic (exact) mass is 569 g/mol. The minimum atomic E-state index is -0.380. The van der Waals surface area contributed by atoms with Crippen molar-refractivity contribution < 1.29 is 28.2 Å². The van der Waals surface area contributed by atoms with E-state index in [0.717, 1.165) is 19.3 Å². The Hall–Kier alpha value is -3.65. The summed E-state index contributed by atoms with van der Waals surface area (Å²) in [6.45, 7) is 2.52. The molecule has 0 radical (unpaired) electrons. The summed E-state index contributed by atoms with van der Waals surface area (Å²) >= 11 is 3.46. The van der Waals surface area contributed by atoms with Crippen molar-refractivity contribution in [1.82, 2.24) is 0 Å². The van der Waals surface area contributed by atoms with Crippen molar-refractivity contribution in [3.63, 3.8) is 0 Å². The molecule has 0 spiro atoms. The molecule has 0 atom stereocenters. The molecule has 37 heavy (non-hydrogen) atoms. The Bertz CT molecular complexity index is 1240. The molecule has 0 saturated carbocycles. The third-order valence-electron chi connectivity index (χ3n) is 5.38. The van der Waals surface area contributed by atoms with Gasteiger partial charge in [-0.3, -0.25) is 4.79 Å². The molecule has 1 amide bonds. The highest BCUT2D eigenvalue weighted by Crippen LogP contribution is 2.37. The van der Waals surface area contributed by atoms with E-state index in [9.17, 15) is 14.0 Å². The Balaban J connectivity index is 1.59. The highest BCUT2D eigenvalue weighted by molar-refractivity contribution is 9.10. The first-order valence-electron chi connectivity index (χ1n) is 11.9. The zero-order chi connectivity index (χ0) is 26.6. The molecule has 0 fully saturated rings. The van der Waals surface area contributed by atoms with Crippen LogP contribution in [0.5, 0.6) is 11.5 Å². The summed E-state index contributed by atoms with van der Waals surface area (Å²) < 4.78 is 31.0. The molecule has 0 heterocycles.